The van der Waals surface area contributed by atoms with Crippen LogP contribution in [-0.2, 0) is 9.59 Å². The number of amides is 2. The van der Waals surface area contributed by atoms with Crippen LogP contribution >= 0.6 is 0 Å². The monoisotopic (exact) mass is 353 g/mol. The first-order valence-electron chi connectivity index (χ1n) is 8.72. The van der Waals surface area contributed by atoms with Crippen LogP contribution in [0.25, 0.3) is 0 Å². The summed E-state index contributed by atoms with van der Waals surface area (Å²) < 4.78 is 5.91. The summed E-state index contributed by atoms with van der Waals surface area (Å²) in [5.74, 6) is 1.22. The molecule has 1 fully saturated rings. The molecule has 6 heteroatoms. The maximum absolute atomic E-state index is 12.4. The van der Waals surface area contributed by atoms with Gasteiger partial charge in [-0.25, -0.2) is 0 Å². The van der Waals surface area contributed by atoms with Crippen LogP contribution in [0.4, 0.5) is 5.69 Å². The number of nitrogens with one attached hydrogen (secondary N) is 2. The molecule has 26 heavy (non-hydrogen) atoms. The molecular weight excluding hydrogens is 330 g/mol. The lowest BCUT2D eigenvalue weighted by atomic mass is 10.2. The van der Waals surface area contributed by atoms with E-state index in [9.17, 15) is 9.59 Å². The fourth-order valence-electron chi connectivity index (χ4n) is 2.76. The predicted octanol–water partition coefficient (Wildman–Crippen LogP) is 2.55. The van der Waals surface area contributed by atoms with Gasteiger partial charge in [-0.15, -0.1) is 0 Å². The van der Waals surface area contributed by atoms with Gasteiger partial charge in [0.1, 0.15) is 5.75 Å². The van der Waals surface area contributed by atoms with E-state index in [0.717, 1.165) is 11.3 Å². The molecule has 2 aromatic rings. The Morgan fingerprint density at radius 1 is 1.15 bits per heavy atom. The molecular formula is C20H23N3O3. The number of hydrogen-bond acceptors (Lipinski definition) is 4. The molecule has 3 rings (SSSR count). The smallest absolute Gasteiger partial charge is 0.238 e. The van der Waals surface area contributed by atoms with Crippen LogP contribution in [0.15, 0.2) is 48.5 Å². The van der Waals surface area contributed by atoms with Gasteiger partial charge < -0.3 is 15.4 Å². The summed E-state index contributed by atoms with van der Waals surface area (Å²) in [6, 6.07) is 15.1. The number of hydrogen-bond donors (Lipinski definition) is 2. The molecule has 0 bridgehead atoms. The van der Waals surface area contributed by atoms with Gasteiger partial charge in [0.2, 0.25) is 11.8 Å². The highest BCUT2D eigenvalue weighted by molar-refractivity contribution is 5.93. The molecule has 6 nitrogen and oxygen atoms in total. The highest BCUT2D eigenvalue weighted by Crippen LogP contribution is 2.29. The first-order valence-corrected chi connectivity index (χ1v) is 8.72. The zero-order valence-corrected chi connectivity index (χ0v) is 14.8. The Bertz CT molecular complexity index is 774. The van der Waals surface area contributed by atoms with E-state index in [1.54, 1.807) is 0 Å². The van der Waals surface area contributed by atoms with E-state index >= 15 is 0 Å². The topological polar surface area (TPSA) is 70.7 Å². The molecule has 1 aliphatic rings. The van der Waals surface area contributed by atoms with Gasteiger partial charge in [0.05, 0.1) is 12.2 Å². The molecule has 1 saturated heterocycles. The molecule has 0 spiro atoms. The third-order valence-corrected chi connectivity index (χ3v) is 4.18. The molecule has 136 valence electrons. The SMILES string of the molecule is Cc1ccc(Oc2ccccc2NC(=O)CN2CCNC(=O)CC2)cc1. The van der Waals surface area contributed by atoms with Crippen LogP contribution in [0, 0.1) is 6.92 Å². The summed E-state index contributed by atoms with van der Waals surface area (Å²) in [4.78, 5) is 25.8. The summed E-state index contributed by atoms with van der Waals surface area (Å²) in [6.45, 7) is 4.08. The van der Waals surface area contributed by atoms with E-state index in [0.29, 0.717) is 37.5 Å². The molecule has 1 aliphatic heterocycles. The highest BCUT2D eigenvalue weighted by atomic mass is 16.5. The van der Waals surface area contributed by atoms with Crippen LogP contribution in [0.2, 0.25) is 0 Å². The Hall–Kier alpha value is -2.86. The van der Waals surface area contributed by atoms with E-state index in [2.05, 4.69) is 10.6 Å². The van der Waals surface area contributed by atoms with Gasteiger partial charge in [-0.05, 0) is 31.2 Å². The van der Waals surface area contributed by atoms with E-state index in [-0.39, 0.29) is 18.4 Å². The largest absolute Gasteiger partial charge is 0.455 e. The Kier molecular flexibility index (Phi) is 5.86. The Morgan fingerprint density at radius 2 is 1.92 bits per heavy atom. The summed E-state index contributed by atoms with van der Waals surface area (Å²) in [7, 11) is 0. The third-order valence-electron chi connectivity index (χ3n) is 4.18. The fraction of sp³-hybridized carbons (Fsp3) is 0.300. The number of aryl methyl sites for hydroxylation is 1. The molecule has 1 heterocycles. The first kappa shape index (κ1) is 17.9. The summed E-state index contributed by atoms with van der Waals surface area (Å²) in [5, 5.41) is 5.72. The van der Waals surface area contributed by atoms with E-state index in [1.807, 2.05) is 60.4 Å². The molecule has 0 saturated carbocycles. The molecule has 0 aliphatic carbocycles. The third kappa shape index (κ3) is 5.07. The van der Waals surface area contributed by atoms with Crippen molar-refractivity contribution in [2.45, 2.75) is 13.3 Å². The second kappa shape index (κ2) is 8.49. The van der Waals surface area contributed by atoms with Gasteiger partial charge in [-0.1, -0.05) is 29.8 Å². The van der Waals surface area contributed by atoms with Gasteiger partial charge in [0.25, 0.3) is 0 Å². The molecule has 2 aromatic carbocycles. The van der Waals surface area contributed by atoms with Gasteiger partial charge in [-0.2, -0.15) is 0 Å². The van der Waals surface area contributed by atoms with Crippen LogP contribution in [0.5, 0.6) is 11.5 Å². The average Bonchev–Trinajstić information content (AvgIpc) is 2.83. The van der Waals surface area contributed by atoms with Crippen molar-refractivity contribution in [3.8, 4) is 11.5 Å². The van der Waals surface area contributed by atoms with Gasteiger partial charge >= 0.3 is 0 Å². The molecule has 2 amide bonds. The van der Waals surface area contributed by atoms with Crippen LogP contribution in [0.1, 0.15) is 12.0 Å². The number of carbonyl (C=O) groups excluding carboxylic acids is 2. The lowest BCUT2D eigenvalue weighted by molar-refractivity contribution is -0.121. The second-order valence-electron chi connectivity index (χ2n) is 6.34. The lowest BCUT2D eigenvalue weighted by Crippen LogP contribution is -2.35. The number of rotatable bonds is 5. The minimum atomic E-state index is -0.126. The zero-order valence-electron chi connectivity index (χ0n) is 14.8. The van der Waals surface area contributed by atoms with Crippen molar-refractivity contribution in [3.63, 3.8) is 0 Å². The molecule has 0 radical (unpaired) electrons. The highest BCUT2D eigenvalue weighted by Gasteiger charge is 2.17. The van der Waals surface area contributed by atoms with Crippen molar-refractivity contribution in [1.29, 1.82) is 0 Å². The quantitative estimate of drug-likeness (QED) is 0.867. The Morgan fingerprint density at radius 3 is 2.73 bits per heavy atom. The van der Waals surface area contributed by atoms with Crippen molar-refractivity contribution >= 4 is 17.5 Å². The minimum Gasteiger partial charge on any atom is -0.455 e. The summed E-state index contributed by atoms with van der Waals surface area (Å²) >= 11 is 0. The molecule has 0 aromatic heterocycles. The summed E-state index contributed by atoms with van der Waals surface area (Å²) in [5.41, 5.74) is 1.78. The maximum Gasteiger partial charge on any atom is 0.238 e. The van der Waals surface area contributed by atoms with E-state index in [1.165, 1.54) is 0 Å². The number of benzene rings is 2. The predicted molar refractivity (Wildman–Crippen MR) is 100 cm³/mol. The van der Waals surface area contributed by atoms with Crippen molar-refractivity contribution < 1.29 is 14.3 Å². The van der Waals surface area contributed by atoms with Gasteiger partial charge in [-0.3, -0.25) is 14.5 Å². The van der Waals surface area contributed by atoms with Crippen molar-refractivity contribution in [2.75, 3.05) is 31.5 Å². The lowest BCUT2D eigenvalue weighted by Gasteiger charge is -2.19. The van der Waals surface area contributed by atoms with Crippen LogP contribution < -0.4 is 15.4 Å². The second-order valence-corrected chi connectivity index (χ2v) is 6.34. The maximum atomic E-state index is 12.4. The van der Waals surface area contributed by atoms with Crippen LogP contribution in [-0.4, -0.2) is 42.9 Å². The van der Waals surface area contributed by atoms with Gasteiger partial charge in [0.15, 0.2) is 5.75 Å². The normalized spacial score (nSPS) is 15.0. The molecule has 0 unspecified atom stereocenters. The number of para-hydroxylation sites is 2. The van der Waals surface area contributed by atoms with E-state index < -0.39 is 0 Å². The standard InChI is InChI=1S/C20H23N3O3/c1-15-6-8-16(9-7-15)26-18-5-3-2-4-17(18)22-20(25)14-23-12-10-19(24)21-11-13-23/h2-9H,10-14H2,1H3,(H,21,24)(H,22,25). The zero-order chi connectivity index (χ0) is 18.4. The van der Waals surface area contributed by atoms with Crippen LogP contribution in [0.3, 0.4) is 0 Å². The van der Waals surface area contributed by atoms with Crippen molar-refractivity contribution in [1.82, 2.24) is 10.2 Å². The molecule has 2 N–H and O–H groups in total. The summed E-state index contributed by atoms with van der Waals surface area (Å²) in [6.07, 6.45) is 0.417. The fourth-order valence-corrected chi connectivity index (χ4v) is 2.76. The number of anilines is 1. The Labute approximate surface area is 153 Å². The average molecular weight is 353 g/mol. The number of ether oxygens (including phenoxy) is 1. The minimum absolute atomic E-state index is 0.0322. The number of carbonyl (C=O) groups is 2. The van der Waals surface area contributed by atoms with Crippen molar-refractivity contribution in [3.05, 3.63) is 54.1 Å². The van der Waals surface area contributed by atoms with Crippen molar-refractivity contribution in [2.24, 2.45) is 0 Å². The van der Waals surface area contributed by atoms with E-state index in [4.69, 9.17) is 4.74 Å². The van der Waals surface area contributed by atoms with Gasteiger partial charge in [0, 0.05) is 26.1 Å². The first-order chi connectivity index (χ1) is 12.6. The Balaban J connectivity index is 1.63. The number of nitrogens with zero attached hydrogens (tertiary/aromatic N) is 1. The molecule has 0 atom stereocenters.